The van der Waals surface area contributed by atoms with Crippen molar-refractivity contribution in [3.05, 3.63) is 65.5 Å². The minimum Gasteiger partial charge on any atom is -0.272 e. The summed E-state index contributed by atoms with van der Waals surface area (Å²) < 4.78 is 0. The molecule has 21 heavy (non-hydrogen) atoms. The highest BCUT2D eigenvalue weighted by atomic mass is 32.2. The number of aromatic nitrogens is 1. The maximum Gasteiger partial charge on any atom is 0.250 e. The van der Waals surface area contributed by atoms with Crippen LogP contribution in [0, 0.1) is 6.92 Å². The second kappa shape index (κ2) is 8.21. The lowest BCUT2D eigenvalue weighted by Crippen LogP contribution is -2.19. The average Bonchev–Trinajstić information content (AvgIpc) is 2.48. The standard InChI is InChI=1S/C16H17N3OS/c1-13-6-5-9-15(18-13)10-17-19-16(20)12-21-11-14-7-3-2-4-8-14/h2-10H,11-12H2,1H3,(H,19,20)/b17-10-. The maximum atomic E-state index is 11.6. The second-order valence-corrected chi connectivity index (χ2v) is 5.46. The van der Waals surface area contributed by atoms with E-state index in [-0.39, 0.29) is 5.91 Å². The number of benzene rings is 1. The lowest BCUT2D eigenvalue weighted by atomic mass is 10.2. The Bertz CT molecular complexity index is 614. The molecule has 0 aliphatic rings. The van der Waals surface area contributed by atoms with E-state index in [4.69, 9.17) is 0 Å². The Balaban J connectivity index is 1.70. The number of rotatable bonds is 6. The number of carbonyl (C=O) groups excluding carboxylic acids is 1. The number of carbonyl (C=O) groups is 1. The third kappa shape index (κ3) is 5.79. The molecule has 1 amide bonds. The van der Waals surface area contributed by atoms with E-state index in [9.17, 15) is 4.79 Å². The van der Waals surface area contributed by atoms with Crippen molar-refractivity contribution in [1.29, 1.82) is 0 Å². The molecule has 0 aliphatic heterocycles. The molecule has 1 aromatic heterocycles. The van der Waals surface area contributed by atoms with Gasteiger partial charge in [0.25, 0.3) is 0 Å². The number of hydrogen-bond donors (Lipinski definition) is 1. The topological polar surface area (TPSA) is 54.4 Å². The SMILES string of the molecule is Cc1cccc(/C=N\NC(=O)CSCc2ccccc2)n1. The van der Waals surface area contributed by atoms with E-state index >= 15 is 0 Å². The second-order valence-electron chi connectivity index (χ2n) is 4.48. The molecule has 108 valence electrons. The van der Waals surface area contributed by atoms with Crippen molar-refractivity contribution < 1.29 is 4.79 Å². The molecule has 2 rings (SSSR count). The fourth-order valence-corrected chi connectivity index (χ4v) is 2.45. The Morgan fingerprint density at radius 1 is 1.24 bits per heavy atom. The third-order valence-electron chi connectivity index (χ3n) is 2.64. The minimum atomic E-state index is -0.111. The molecule has 5 heteroatoms. The van der Waals surface area contributed by atoms with E-state index in [0.717, 1.165) is 17.1 Å². The summed E-state index contributed by atoms with van der Waals surface area (Å²) in [6, 6.07) is 15.7. The molecule has 0 bridgehead atoms. The number of nitrogens with zero attached hydrogens (tertiary/aromatic N) is 2. The van der Waals surface area contributed by atoms with Gasteiger partial charge in [-0.2, -0.15) is 5.10 Å². The maximum absolute atomic E-state index is 11.6. The summed E-state index contributed by atoms with van der Waals surface area (Å²) >= 11 is 1.56. The first-order valence-corrected chi connectivity index (χ1v) is 7.77. The summed E-state index contributed by atoms with van der Waals surface area (Å²) in [4.78, 5) is 15.9. The molecular weight excluding hydrogens is 282 g/mol. The minimum absolute atomic E-state index is 0.111. The summed E-state index contributed by atoms with van der Waals surface area (Å²) in [6.45, 7) is 1.91. The number of pyridine rings is 1. The first-order chi connectivity index (χ1) is 10.2. The lowest BCUT2D eigenvalue weighted by Gasteiger charge is -2.01. The van der Waals surface area contributed by atoms with Crippen molar-refractivity contribution in [2.45, 2.75) is 12.7 Å². The smallest absolute Gasteiger partial charge is 0.250 e. The molecule has 0 fully saturated rings. The average molecular weight is 299 g/mol. The predicted octanol–water partition coefficient (Wildman–Crippen LogP) is 2.77. The van der Waals surface area contributed by atoms with Crippen LogP contribution < -0.4 is 5.43 Å². The fraction of sp³-hybridized carbons (Fsp3) is 0.188. The predicted molar refractivity (Wildman–Crippen MR) is 87.3 cm³/mol. The molecule has 0 radical (unpaired) electrons. The number of nitrogens with one attached hydrogen (secondary N) is 1. The molecule has 2 aromatic rings. The highest BCUT2D eigenvalue weighted by Gasteiger charge is 2.00. The Kier molecular flexibility index (Phi) is 5.97. The quantitative estimate of drug-likeness (QED) is 0.659. The van der Waals surface area contributed by atoms with Crippen molar-refractivity contribution in [2.75, 3.05) is 5.75 Å². The van der Waals surface area contributed by atoms with E-state index < -0.39 is 0 Å². The zero-order valence-electron chi connectivity index (χ0n) is 11.8. The van der Waals surface area contributed by atoms with Crippen LogP contribution in [0.15, 0.2) is 53.6 Å². The van der Waals surface area contributed by atoms with Crippen LogP contribution in [-0.2, 0) is 10.5 Å². The molecule has 0 aliphatic carbocycles. The first-order valence-electron chi connectivity index (χ1n) is 6.61. The number of aryl methyl sites for hydroxylation is 1. The molecule has 0 unspecified atom stereocenters. The van der Waals surface area contributed by atoms with Crippen LogP contribution in [0.3, 0.4) is 0 Å². The molecular formula is C16H17N3OS. The molecule has 0 atom stereocenters. The highest BCUT2D eigenvalue weighted by molar-refractivity contribution is 7.99. The number of amides is 1. The Morgan fingerprint density at radius 3 is 2.81 bits per heavy atom. The van der Waals surface area contributed by atoms with Gasteiger partial charge in [0.05, 0.1) is 17.7 Å². The van der Waals surface area contributed by atoms with E-state index in [2.05, 4.69) is 15.5 Å². The van der Waals surface area contributed by atoms with Gasteiger partial charge in [0.15, 0.2) is 0 Å². The lowest BCUT2D eigenvalue weighted by molar-refractivity contribution is -0.118. The molecule has 0 saturated heterocycles. The van der Waals surface area contributed by atoms with Crippen LogP contribution in [0.1, 0.15) is 17.0 Å². The van der Waals surface area contributed by atoms with Gasteiger partial charge in [-0.15, -0.1) is 11.8 Å². The third-order valence-corrected chi connectivity index (χ3v) is 3.64. The molecule has 1 N–H and O–H groups in total. The highest BCUT2D eigenvalue weighted by Crippen LogP contribution is 2.10. The fourth-order valence-electron chi connectivity index (χ4n) is 1.67. The Hall–Kier alpha value is -2.14. The van der Waals surface area contributed by atoms with Crippen LogP contribution in [0.2, 0.25) is 0 Å². The summed E-state index contributed by atoms with van der Waals surface area (Å²) in [7, 11) is 0. The van der Waals surface area contributed by atoms with Crippen molar-refractivity contribution in [1.82, 2.24) is 10.4 Å². The van der Waals surface area contributed by atoms with E-state index in [1.807, 2.05) is 55.5 Å². The van der Waals surface area contributed by atoms with Gasteiger partial charge in [0.2, 0.25) is 5.91 Å². The Labute approximate surface area is 128 Å². The molecule has 0 saturated carbocycles. The van der Waals surface area contributed by atoms with Crippen LogP contribution in [0.4, 0.5) is 0 Å². The number of hydrogen-bond acceptors (Lipinski definition) is 4. The van der Waals surface area contributed by atoms with Gasteiger partial charge < -0.3 is 0 Å². The van der Waals surface area contributed by atoms with Gasteiger partial charge in [-0.3, -0.25) is 9.78 Å². The Morgan fingerprint density at radius 2 is 2.05 bits per heavy atom. The zero-order chi connectivity index (χ0) is 14.9. The van der Waals surface area contributed by atoms with E-state index in [0.29, 0.717) is 5.75 Å². The number of thioether (sulfide) groups is 1. The summed E-state index contributed by atoms with van der Waals surface area (Å²) in [5, 5.41) is 3.91. The van der Waals surface area contributed by atoms with Gasteiger partial charge in [-0.05, 0) is 24.6 Å². The van der Waals surface area contributed by atoms with Gasteiger partial charge in [0, 0.05) is 11.4 Å². The molecule has 1 aromatic carbocycles. The van der Waals surface area contributed by atoms with Crippen LogP contribution in [-0.4, -0.2) is 22.9 Å². The first kappa shape index (κ1) is 15.3. The summed E-state index contributed by atoms with van der Waals surface area (Å²) in [5.41, 5.74) is 5.37. The van der Waals surface area contributed by atoms with Crippen molar-refractivity contribution >= 4 is 23.9 Å². The van der Waals surface area contributed by atoms with E-state index in [1.165, 1.54) is 5.56 Å². The molecule has 0 spiro atoms. The summed E-state index contributed by atoms with van der Waals surface area (Å²) in [5.74, 6) is 1.09. The van der Waals surface area contributed by atoms with Crippen LogP contribution in [0.5, 0.6) is 0 Å². The van der Waals surface area contributed by atoms with Gasteiger partial charge >= 0.3 is 0 Å². The van der Waals surface area contributed by atoms with Gasteiger partial charge in [-0.25, -0.2) is 5.43 Å². The molecule has 4 nitrogen and oxygen atoms in total. The van der Waals surface area contributed by atoms with Gasteiger partial charge in [-0.1, -0.05) is 36.4 Å². The van der Waals surface area contributed by atoms with Crippen LogP contribution in [0.25, 0.3) is 0 Å². The van der Waals surface area contributed by atoms with Crippen molar-refractivity contribution in [3.63, 3.8) is 0 Å². The molecule has 1 heterocycles. The number of hydrazone groups is 1. The van der Waals surface area contributed by atoms with Crippen molar-refractivity contribution in [2.24, 2.45) is 5.10 Å². The largest absolute Gasteiger partial charge is 0.272 e. The van der Waals surface area contributed by atoms with Crippen LogP contribution >= 0.6 is 11.8 Å². The van der Waals surface area contributed by atoms with E-state index in [1.54, 1.807) is 18.0 Å². The van der Waals surface area contributed by atoms with Gasteiger partial charge in [0.1, 0.15) is 0 Å². The normalized spacial score (nSPS) is 10.7. The monoisotopic (exact) mass is 299 g/mol. The van der Waals surface area contributed by atoms with Crippen molar-refractivity contribution in [3.8, 4) is 0 Å². The zero-order valence-corrected chi connectivity index (χ0v) is 12.6. The summed E-state index contributed by atoms with van der Waals surface area (Å²) in [6.07, 6.45) is 1.55.